The third-order valence-corrected chi connectivity index (χ3v) is 1.81. The van der Waals surface area contributed by atoms with Gasteiger partial charge in [0.15, 0.2) is 0 Å². The van der Waals surface area contributed by atoms with Gasteiger partial charge in [-0.15, -0.1) is 0 Å². The molecule has 0 bridgehead atoms. The first-order valence-corrected chi connectivity index (χ1v) is 5.47. The van der Waals surface area contributed by atoms with Crippen molar-refractivity contribution < 1.29 is 5.11 Å². The van der Waals surface area contributed by atoms with Gasteiger partial charge in [0.1, 0.15) is 0 Å². The second-order valence-electron chi connectivity index (χ2n) is 3.16. The molecule has 0 aliphatic heterocycles. The molecule has 1 nitrogen and oxygen atoms in total. The predicted octanol–water partition coefficient (Wildman–Crippen LogP) is 3.62. The summed E-state index contributed by atoms with van der Waals surface area (Å²) in [5, 5.41) is 8.53. The average molecular weight is 194 g/mol. The van der Waals surface area contributed by atoms with Gasteiger partial charge in [0.25, 0.3) is 0 Å². The van der Waals surface area contributed by atoms with Crippen LogP contribution < -0.4 is 0 Å². The number of aliphatic hydroxyl groups excluding tert-OH is 1. The lowest BCUT2D eigenvalue weighted by atomic mass is 10.2. The highest BCUT2D eigenvalue weighted by molar-refractivity contribution is 4.96. The zero-order valence-electron chi connectivity index (χ0n) is 9.15. The summed E-state index contributed by atoms with van der Waals surface area (Å²) in [5.41, 5.74) is 0. The number of rotatable bonds is 8. The zero-order valence-corrected chi connectivity index (χ0v) is 9.15. The van der Waals surface area contributed by atoms with E-state index in [0.29, 0.717) is 6.61 Å². The minimum absolute atomic E-state index is 0.294. The second-order valence-corrected chi connectivity index (χ2v) is 3.16. The van der Waals surface area contributed by atoms with Gasteiger partial charge in [-0.25, -0.2) is 0 Å². The Morgan fingerprint density at radius 3 is 2.00 bits per heavy atom. The molecule has 0 atom stereocenters. The highest BCUT2D eigenvalue weighted by Crippen LogP contribution is 1.94. The Hall–Kier alpha value is -0.820. The first-order valence-electron chi connectivity index (χ1n) is 5.47. The van der Waals surface area contributed by atoms with Crippen LogP contribution in [0.15, 0.2) is 36.5 Å². The Morgan fingerprint density at radius 1 is 0.857 bits per heavy atom. The molecule has 0 aromatic heterocycles. The standard InChI is InChI=1S/C13H22O/c1-2-3-4-5-6-7-8-9-10-11-12-13-14/h3-4,6-7,9-10,14H,2,5,8,11-13H2,1H3. The normalized spacial score (nSPS) is 12.4. The van der Waals surface area contributed by atoms with Crippen LogP contribution in [0.2, 0.25) is 0 Å². The maximum absolute atomic E-state index is 8.53. The quantitative estimate of drug-likeness (QED) is 0.462. The van der Waals surface area contributed by atoms with Gasteiger partial charge in [0.05, 0.1) is 0 Å². The van der Waals surface area contributed by atoms with Crippen LogP contribution in [0, 0.1) is 0 Å². The lowest BCUT2D eigenvalue weighted by molar-refractivity contribution is 0.289. The van der Waals surface area contributed by atoms with Crippen LogP contribution in [-0.4, -0.2) is 11.7 Å². The molecule has 0 saturated carbocycles. The van der Waals surface area contributed by atoms with Crippen molar-refractivity contribution in [1.82, 2.24) is 0 Å². The summed E-state index contributed by atoms with van der Waals surface area (Å²) in [6.45, 7) is 2.44. The first kappa shape index (κ1) is 13.2. The van der Waals surface area contributed by atoms with Crippen molar-refractivity contribution in [3.8, 4) is 0 Å². The molecule has 1 N–H and O–H groups in total. The third kappa shape index (κ3) is 11.2. The molecule has 0 aromatic rings. The van der Waals surface area contributed by atoms with Gasteiger partial charge in [-0.1, -0.05) is 43.4 Å². The van der Waals surface area contributed by atoms with E-state index >= 15 is 0 Å². The fraction of sp³-hybridized carbons (Fsp3) is 0.538. The summed E-state index contributed by atoms with van der Waals surface area (Å²) in [4.78, 5) is 0. The molecule has 0 amide bonds. The fourth-order valence-corrected chi connectivity index (χ4v) is 1.04. The van der Waals surface area contributed by atoms with Crippen molar-refractivity contribution in [3.63, 3.8) is 0 Å². The van der Waals surface area contributed by atoms with Gasteiger partial charge >= 0.3 is 0 Å². The maximum Gasteiger partial charge on any atom is 0.0433 e. The maximum atomic E-state index is 8.53. The van der Waals surface area contributed by atoms with E-state index in [9.17, 15) is 0 Å². The minimum Gasteiger partial charge on any atom is -0.396 e. The number of hydrogen-bond donors (Lipinski definition) is 1. The van der Waals surface area contributed by atoms with E-state index in [4.69, 9.17) is 5.11 Å². The zero-order chi connectivity index (χ0) is 10.5. The van der Waals surface area contributed by atoms with Crippen molar-refractivity contribution >= 4 is 0 Å². The second kappa shape index (κ2) is 12.2. The van der Waals surface area contributed by atoms with Crippen molar-refractivity contribution in [3.05, 3.63) is 36.5 Å². The largest absolute Gasteiger partial charge is 0.396 e. The molecule has 80 valence electrons. The van der Waals surface area contributed by atoms with Crippen LogP contribution in [-0.2, 0) is 0 Å². The Balaban J connectivity index is 3.25. The van der Waals surface area contributed by atoms with Crippen molar-refractivity contribution in [2.45, 2.75) is 39.0 Å². The molecule has 0 saturated heterocycles. The van der Waals surface area contributed by atoms with Crippen molar-refractivity contribution in [1.29, 1.82) is 0 Å². The summed E-state index contributed by atoms with van der Waals surface area (Å²) in [7, 11) is 0. The van der Waals surface area contributed by atoms with E-state index in [0.717, 1.165) is 32.1 Å². The number of allylic oxidation sites excluding steroid dienone is 6. The van der Waals surface area contributed by atoms with E-state index in [1.165, 1.54) is 0 Å². The molecule has 0 spiro atoms. The summed E-state index contributed by atoms with van der Waals surface area (Å²) >= 11 is 0. The lowest BCUT2D eigenvalue weighted by Crippen LogP contribution is -1.77. The molecule has 0 rings (SSSR count). The van der Waals surface area contributed by atoms with Crippen LogP contribution in [0.3, 0.4) is 0 Å². The Morgan fingerprint density at radius 2 is 1.43 bits per heavy atom. The summed E-state index contributed by atoms with van der Waals surface area (Å²) in [5.74, 6) is 0. The molecule has 0 unspecified atom stereocenters. The molecule has 0 aliphatic carbocycles. The van der Waals surface area contributed by atoms with Gasteiger partial charge in [-0.05, 0) is 32.1 Å². The molecule has 0 radical (unpaired) electrons. The average Bonchev–Trinajstić information content (AvgIpc) is 2.21. The number of unbranched alkanes of at least 4 members (excludes halogenated alkanes) is 1. The van der Waals surface area contributed by atoms with Crippen LogP contribution in [0.25, 0.3) is 0 Å². The summed E-state index contributed by atoms with van der Waals surface area (Å²) < 4.78 is 0. The lowest BCUT2D eigenvalue weighted by Gasteiger charge is -1.87. The minimum atomic E-state index is 0.294. The Labute approximate surface area is 87.8 Å². The van der Waals surface area contributed by atoms with Gasteiger partial charge in [-0.3, -0.25) is 0 Å². The van der Waals surface area contributed by atoms with Crippen molar-refractivity contribution in [2.24, 2.45) is 0 Å². The first-order chi connectivity index (χ1) is 6.91. The monoisotopic (exact) mass is 194 g/mol. The molecule has 0 heterocycles. The molecule has 0 aromatic carbocycles. The SMILES string of the molecule is CCC=CCC=CCC=CCCCO. The number of aliphatic hydroxyl groups is 1. The predicted molar refractivity (Wildman–Crippen MR) is 63.3 cm³/mol. The van der Waals surface area contributed by atoms with Crippen LogP contribution >= 0.6 is 0 Å². The smallest absolute Gasteiger partial charge is 0.0433 e. The van der Waals surface area contributed by atoms with Gasteiger partial charge in [0, 0.05) is 6.61 Å². The molecule has 14 heavy (non-hydrogen) atoms. The Kier molecular flexibility index (Phi) is 11.5. The molecule has 1 heteroatoms. The van der Waals surface area contributed by atoms with E-state index in [1.807, 2.05) is 0 Å². The van der Waals surface area contributed by atoms with E-state index in [2.05, 4.69) is 43.4 Å². The van der Waals surface area contributed by atoms with Crippen LogP contribution in [0.1, 0.15) is 39.0 Å². The Bertz CT molecular complexity index is 178. The van der Waals surface area contributed by atoms with Crippen LogP contribution in [0.4, 0.5) is 0 Å². The molecule has 0 aliphatic rings. The van der Waals surface area contributed by atoms with Gasteiger partial charge < -0.3 is 5.11 Å². The van der Waals surface area contributed by atoms with Gasteiger partial charge in [0.2, 0.25) is 0 Å². The third-order valence-electron chi connectivity index (χ3n) is 1.81. The van der Waals surface area contributed by atoms with E-state index < -0.39 is 0 Å². The van der Waals surface area contributed by atoms with Crippen LogP contribution in [0.5, 0.6) is 0 Å². The highest BCUT2D eigenvalue weighted by Gasteiger charge is 1.77. The number of hydrogen-bond acceptors (Lipinski definition) is 1. The fourth-order valence-electron chi connectivity index (χ4n) is 1.04. The van der Waals surface area contributed by atoms with Crippen molar-refractivity contribution in [2.75, 3.05) is 6.61 Å². The highest BCUT2D eigenvalue weighted by atomic mass is 16.2. The summed E-state index contributed by atoms with van der Waals surface area (Å²) in [6, 6.07) is 0. The molecular weight excluding hydrogens is 172 g/mol. The molecule has 0 fully saturated rings. The van der Waals surface area contributed by atoms with E-state index in [1.54, 1.807) is 0 Å². The summed E-state index contributed by atoms with van der Waals surface area (Å²) in [6.07, 6.45) is 18.0. The topological polar surface area (TPSA) is 20.2 Å². The molecular formula is C13H22O. The van der Waals surface area contributed by atoms with Gasteiger partial charge in [-0.2, -0.15) is 0 Å². The van der Waals surface area contributed by atoms with E-state index in [-0.39, 0.29) is 0 Å².